The van der Waals surface area contributed by atoms with Gasteiger partial charge in [0.15, 0.2) is 0 Å². The first-order chi connectivity index (χ1) is 12.8. The highest BCUT2D eigenvalue weighted by Crippen LogP contribution is 2.27. The van der Waals surface area contributed by atoms with Gasteiger partial charge in [-0.1, -0.05) is 49.7 Å². The maximum Gasteiger partial charge on any atom is 0.332 e. The summed E-state index contributed by atoms with van der Waals surface area (Å²) in [5, 5.41) is 9.98. The van der Waals surface area contributed by atoms with Crippen LogP contribution in [0.15, 0.2) is 48.5 Å². The first kappa shape index (κ1) is 20.7. The van der Waals surface area contributed by atoms with Gasteiger partial charge in [0, 0.05) is 17.1 Å². The van der Waals surface area contributed by atoms with Crippen LogP contribution in [0.3, 0.4) is 0 Å². The van der Waals surface area contributed by atoms with E-state index in [4.69, 9.17) is 22.2 Å². The highest BCUT2D eigenvalue weighted by Gasteiger charge is 2.28. The van der Waals surface area contributed by atoms with Gasteiger partial charge in [0.2, 0.25) is 0 Å². The van der Waals surface area contributed by atoms with Gasteiger partial charge < -0.3 is 15.7 Å². The second kappa shape index (κ2) is 9.39. The first-order valence-corrected chi connectivity index (χ1v) is 8.94. The summed E-state index contributed by atoms with van der Waals surface area (Å²) in [6.07, 6.45) is 0.149. The third-order valence-electron chi connectivity index (χ3n) is 4.17. The molecule has 4 N–H and O–H groups in total. The largest absolute Gasteiger partial charge is 0.480 e. The van der Waals surface area contributed by atoms with Crippen molar-refractivity contribution in [1.82, 2.24) is 5.48 Å². The van der Waals surface area contributed by atoms with Gasteiger partial charge in [0.05, 0.1) is 5.92 Å². The Morgan fingerprint density at radius 1 is 1.11 bits per heavy atom. The van der Waals surface area contributed by atoms with E-state index in [1.165, 1.54) is 0 Å². The number of carbonyl (C=O) groups excluding carboxylic acids is 1. The average Bonchev–Trinajstić information content (AvgIpc) is 2.61. The normalized spacial score (nSPS) is 13.2. The zero-order chi connectivity index (χ0) is 20.0. The van der Waals surface area contributed by atoms with Gasteiger partial charge in [-0.3, -0.25) is 4.79 Å². The van der Waals surface area contributed by atoms with Crippen molar-refractivity contribution >= 4 is 29.2 Å². The Labute approximate surface area is 163 Å². The average molecular weight is 391 g/mol. The molecule has 0 saturated heterocycles. The first-order valence-electron chi connectivity index (χ1n) is 8.57. The lowest BCUT2D eigenvalue weighted by atomic mass is 9.89. The number of carbonyl (C=O) groups is 2. The van der Waals surface area contributed by atoms with E-state index in [0.29, 0.717) is 10.7 Å². The molecule has 0 aliphatic rings. The summed E-state index contributed by atoms with van der Waals surface area (Å²) >= 11 is 5.90. The second-order valence-corrected chi connectivity index (χ2v) is 7.09. The molecule has 0 bridgehead atoms. The highest BCUT2D eigenvalue weighted by molar-refractivity contribution is 6.30. The highest BCUT2D eigenvalue weighted by atomic mass is 35.5. The monoisotopic (exact) mass is 390 g/mol. The summed E-state index contributed by atoms with van der Waals surface area (Å²) in [6, 6.07) is 12.7. The minimum absolute atomic E-state index is 0.0409. The van der Waals surface area contributed by atoms with E-state index in [-0.39, 0.29) is 12.3 Å². The van der Waals surface area contributed by atoms with Crippen molar-refractivity contribution in [2.45, 2.75) is 32.2 Å². The molecular formula is C20H23ClN2O4. The number of benzene rings is 2. The van der Waals surface area contributed by atoms with Crippen LogP contribution in [0.4, 0.5) is 5.69 Å². The SMILES string of the molecule is CC(C)C(C(=O)ONC(Cc1ccc(N)cc1)C(=O)O)c1ccc(Cl)cc1. The third kappa shape index (κ3) is 5.98. The molecule has 7 heteroatoms. The van der Waals surface area contributed by atoms with Crippen molar-refractivity contribution in [2.75, 3.05) is 5.73 Å². The molecule has 0 spiro atoms. The molecular weight excluding hydrogens is 368 g/mol. The van der Waals surface area contributed by atoms with Gasteiger partial charge in [0.1, 0.15) is 6.04 Å². The predicted octanol–water partition coefficient (Wildman–Crippen LogP) is 3.41. The summed E-state index contributed by atoms with van der Waals surface area (Å²) in [6.45, 7) is 3.78. The maximum atomic E-state index is 12.6. The van der Waals surface area contributed by atoms with Gasteiger partial charge in [0.25, 0.3) is 0 Å². The van der Waals surface area contributed by atoms with Crippen molar-refractivity contribution in [3.05, 3.63) is 64.7 Å². The molecule has 6 nitrogen and oxygen atoms in total. The number of carboxylic acids is 1. The van der Waals surface area contributed by atoms with Crippen molar-refractivity contribution in [3.63, 3.8) is 0 Å². The number of hydroxylamine groups is 1. The van der Waals surface area contributed by atoms with Crippen LogP contribution < -0.4 is 11.2 Å². The van der Waals surface area contributed by atoms with Crippen LogP contribution in [-0.4, -0.2) is 23.1 Å². The Morgan fingerprint density at radius 3 is 2.22 bits per heavy atom. The van der Waals surface area contributed by atoms with Crippen LogP contribution in [0.1, 0.15) is 30.9 Å². The molecule has 2 rings (SSSR count). The molecule has 0 radical (unpaired) electrons. The molecule has 0 amide bonds. The third-order valence-corrected chi connectivity index (χ3v) is 4.42. The lowest BCUT2D eigenvalue weighted by Gasteiger charge is -2.21. The molecule has 0 aliphatic heterocycles. The molecule has 144 valence electrons. The van der Waals surface area contributed by atoms with Crippen molar-refractivity contribution in [3.8, 4) is 0 Å². The lowest BCUT2D eigenvalue weighted by Crippen LogP contribution is -2.41. The van der Waals surface area contributed by atoms with Gasteiger partial charge in [-0.25, -0.2) is 4.79 Å². The minimum Gasteiger partial charge on any atom is -0.480 e. The van der Waals surface area contributed by atoms with E-state index in [0.717, 1.165) is 11.1 Å². The fourth-order valence-corrected chi connectivity index (χ4v) is 2.85. The number of halogens is 1. The van der Waals surface area contributed by atoms with E-state index in [1.807, 2.05) is 13.8 Å². The van der Waals surface area contributed by atoms with E-state index in [9.17, 15) is 14.7 Å². The second-order valence-electron chi connectivity index (χ2n) is 6.65. The Kier molecular flexibility index (Phi) is 7.21. The van der Waals surface area contributed by atoms with Crippen molar-refractivity contribution < 1.29 is 19.5 Å². The van der Waals surface area contributed by atoms with Crippen LogP contribution in [0, 0.1) is 5.92 Å². The number of nitrogens with two attached hydrogens (primary N) is 1. The quantitative estimate of drug-likeness (QED) is 0.471. The van der Waals surface area contributed by atoms with E-state index >= 15 is 0 Å². The fourth-order valence-electron chi connectivity index (χ4n) is 2.72. The van der Waals surface area contributed by atoms with Crippen molar-refractivity contribution in [1.29, 1.82) is 0 Å². The molecule has 0 fully saturated rings. The van der Waals surface area contributed by atoms with Crippen LogP contribution in [0.5, 0.6) is 0 Å². The van der Waals surface area contributed by atoms with Gasteiger partial charge in [-0.15, -0.1) is 5.48 Å². The summed E-state index contributed by atoms with van der Waals surface area (Å²) in [5.74, 6) is -2.25. The topological polar surface area (TPSA) is 102 Å². The molecule has 0 aliphatic carbocycles. The summed E-state index contributed by atoms with van der Waals surface area (Å²) in [7, 11) is 0. The Balaban J connectivity index is 2.05. The summed E-state index contributed by atoms with van der Waals surface area (Å²) in [5.41, 5.74) is 10.1. The Hall–Kier alpha value is -2.57. The lowest BCUT2D eigenvalue weighted by molar-refractivity contribution is -0.160. The van der Waals surface area contributed by atoms with E-state index in [2.05, 4.69) is 5.48 Å². The molecule has 27 heavy (non-hydrogen) atoms. The fraction of sp³-hybridized carbons (Fsp3) is 0.300. The van der Waals surface area contributed by atoms with E-state index in [1.54, 1.807) is 48.5 Å². The number of anilines is 1. The summed E-state index contributed by atoms with van der Waals surface area (Å²) < 4.78 is 0. The smallest absolute Gasteiger partial charge is 0.332 e. The molecule has 2 unspecified atom stereocenters. The minimum atomic E-state index is -1.12. The molecule has 2 aromatic rings. The number of hydrogen-bond donors (Lipinski definition) is 3. The van der Waals surface area contributed by atoms with Crippen LogP contribution >= 0.6 is 11.6 Å². The molecule has 2 atom stereocenters. The zero-order valence-electron chi connectivity index (χ0n) is 15.2. The molecule has 0 saturated carbocycles. The number of carboxylic acid groups (broad SMARTS) is 1. The van der Waals surface area contributed by atoms with Gasteiger partial charge >= 0.3 is 11.9 Å². The standard InChI is InChI=1S/C20H23ClN2O4/c1-12(2)18(14-5-7-15(21)8-6-14)20(26)27-23-17(19(24)25)11-13-3-9-16(22)10-4-13/h3-10,12,17-18,23H,11,22H2,1-2H3,(H,24,25). The van der Waals surface area contributed by atoms with Gasteiger partial charge in [-0.05, 0) is 41.3 Å². The maximum absolute atomic E-state index is 12.6. The number of rotatable bonds is 8. The Morgan fingerprint density at radius 2 is 1.70 bits per heavy atom. The van der Waals surface area contributed by atoms with E-state index < -0.39 is 23.9 Å². The van der Waals surface area contributed by atoms with Crippen molar-refractivity contribution in [2.24, 2.45) is 5.92 Å². The predicted molar refractivity (Wildman–Crippen MR) is 104 cm³/mol. The van der Waals surface area contributed by atoms with Crippen LogP contribution in [0.25, 0.3) is 0 Å². The van der Waals surface area contributed by atoms with Crippen LogP contribution in [-0.2, 0) is 20.8 Å². The summed E-state index contributed by atoms with van der Waals surface area (Å²) in [4.78, 5) is 29.2. The Bertz CT molecular complexity index is 776. The number of nitrogen functional groups attached to an aromatic ring is 1. The zero-order valence-corrected chi connectivity index (χ0v) is 15.9. The number of aliphatic carboxylic acids is 1. The molecule has 0 aromatic heterocycles. The number of hydrogen-bond acceptors (Lipinski definition) is 5. The molecule has 2 aromatic carbocycles. The van der Waals surface area contributed by atoms with Crippen LogP contribution in [0.2, 0.25) is 5.02 Å². The van der Waals surface area contributed by atoms with Gasteiger partial charge in [-0.2, -0.15) is 0 Å². The number of nitrogens with one attached hydrogen (secondary N) is 1. The molecule has 0 heterocycles.